The number of likely N-dealkylation sites (N-methyl/N-ethyl adjacent to an activating group) is 1. The highest BCUT2D eigenvalue weighted by atomic mass is 16.5. The van der Waals surface area contributed by atoms with Gasteiger partial charge in [-0.05, 0) is 52.3 Å². The van der Waals surface area contributed by atoms with E-state index in [1.165, 1.54) is 18.4 Å². The van der Waals surface area contributed by atoms with Crippen LogP contribution < -0.4 is 4.74 Å². The maximum absolute atomic E-state index is 12.9. The van der Waals surface area contributed by atoms with Gasteiger partial charge in [0, 0.05) is 24.2 Å². The van der Waals surface area contributed by atoms with Crippen LogP contribution in [0.1, 0.15) is 36.8 Å². The number of benzene rings is 1. The van der Waals surface area contributed by atoms with Gasteiger partial charge in [0.15, 0.2) is 0 Å². The smallest absolute Gasteiger partial charge is 0.227 e. The van der Waals surface area contributed by atoms with Gasteiger partial charge in [-0.2, -0.15) is 0 Å². The first kappa shape index (κ1) is 16.3. The molecule has 0 aliphatic carbocycles. The molecule has 2 heterocycles. The molecule has 2 unspecified atom stereocenters. The second-order valence-corrected chi connectivity index (χ2v) is 6.98. The van der Waals surface area contributed by atoms with Crippen LogP contribution in [0.25, 0.3) is 0 Å². The zero-order chi connectivity index (χ0) is 16.4. The topological polar surface area (TPSA) is 32.8 Å². The van der Waals surface area contributed by atoms with E-state index in [1.54, 1.807) is 7.11 Å². The summed E-state index contributed by atoms with van der Waals surface area (Å²) in [6.07, 6.45) is 5.19. The van der Waals surface area contributed by atoms with Crippen molar-refractivity contribution in [2.75, 3.05) is 27.2 Å². The third-order valence-electron chi connectivity index (χ3n) is 5.42. The molecule has 2 aliphatic rings. The van der Waals surface area contributed by atoms with Crippen LogP contribution in [-0.2, 0) is 11.2 Å². The molecule has 2 fully saturated rings. The first-order valence-corrected chi connectivity index (χ1v) is 8.73. The van der Waals surface area contributed by atoms with Crippen LogP contribution in [0.15, 0.2) is 18.2 Å². The third-order valence-corrected chi connectivity index (χ3v) is 5.42. The maximum atomic E-state index is 12.9. The number of ether oxygens (including phenoxy) is 1. The lowest BCUT2D eigenvalue weighted by Gasteiger charge is -2.33. The third kappa shape index (κ3) is 3.37. The second-order valence-electron chi connectivity index (χ2n) is 6.98. The van der Waals surface area contributed by atoms with Crippen molar-refractivity contribution in [3.05, 3.63) is 29.3 Å². The normalized spacial score (nSPS) is 25.1. The Labute approximate surface area is 139 Å². The number of hydrogen-bond acceptors (Lipinski definition) is 3. The maximum Gasteiger partial charge on any atom is 0.227 e. The van der Waals surface area contributed by atoms with Gasteiger partial charge in [0.25, 0.3) is 0 Å². The van der Waals surface area contributed by atoms with E-state index in [0.717, 1.165) is 37.2 Å². The number of aryl methyl sites for hydroxylation is 1. The van der Waals surface area contributed by atoms with Gasteiger partial charge in [0.05, 0.1) is 13.5 Å². The summed E-state index contributed by atoms with van der Waals surface area (Å²) in [5, 5.41) is 0. The molecule has 0 bridgehead atoms. The monoisotopic (exact) mass is 316 g/mol. The average Bonchev–Trinajstić information content (AvgIpc) is 3.15. The molecule has 23 heavy (non-hydrogen) atoms. The number of hydrogen-bond donors (Lipinski definition) is 0. The van der Waals surface area contributed by atoms with Crippen LogP contribution in [0.5, 0.6) is 5.75 Å². The zero-order valence-corrected chi connectivity index (χ0v) is 14.5. The van der Waals surface area contributed by atoms with Gasteiger partial charge in [-0.3, -0.25) is 4.79 Å². The first-order chi connectivity index (χ1) is 11.1. The van der Waals surface area contributed by atoms with Gasteiger partial charge >= 0.3 is 0 Å². The van der Waals surface area contributed by atoms with Gasteiger partial charge in [-0.1, -0.05) is 17.7 Å². The Balaban J connectivity index is 1.73. The lowest BCUT2D eigenvalue weighted by Crippen LogP contribution is -2.47. The van der Waals surface area contributed by atoms with E-state index in [1.807, 2.05) is 12.1 Å². The lowest BCUT2D eigenvalue weighted by atomic mass is 10.0. The van der Waals surface area contributed by atoms with Crippen LogP contribution >= 0.6 is 0 Å². The van der Waals surface area contributed by atoms with E-state index in [4.69, 9.17) is 4.74 Å². The molecule has 1 amide bonds. The molecule has 0 spiro atoms. The number of methoxy groups -OCH3 is 1. The summed E-state index contributed by atoms with van der Waals surface area (Å²) in [4.78, 5) is 17.5. The Bertz CT molecular complexity index is 572. The van der Waals surface area contributed by atoms with E-state index in [0.29, 0.717) is 18.5 Å². The molecule has 1 aromatic rings. The Morgan fingerprint density at radius 1 is 1.22 bits per heavy atom. The summed E-state index contributed by atoms with van der Waals surface area (Å²) in [5.74, 6) is 1.06. The van der Waals surface area contributed by atoms with Gasteiger partial charge in [-0.25, -0.2) is 0 Å². The molecule has 126 valence electrons. The summed E-state index contributed by atoms with van der Waals surface area (Å²) in [6, 6.07) is 7.00. The molecule has 0 radical (unpaired) electrons. The Morgan fingerprint density at radius 2 is 1.96 bits per heavy atom. The standard InChI is InChI=1S/C19H28N2O2/c1-14-8-9-18(23-3)15(12-14)13-19(22)21-11-5-7-17(21)16-6-4-10-20(16)2/h8-9,12,16-17H,4-7,10-11,13H2,1-3H3. The van der Waals surface area contributed by atoms with Gasteiger partial charge in [0.1, 0.15) is 5.75 Å². The molecule has 2 saturated heterocycles. The predicted molar refractivity (Wildman–Crippen MR) is 91.8 cm³/mol. The van der Waals surface area contributed by atoms with Crippen LogP contribution in [0, 0.1) is 6.92 Å². The van der Waals surface area contributed by atoms with Crippen molar-refractivity contribution in [3.8, 4) is 5.75 Å². The van der Waals surface area contributed by atoms with Gasteiger partial charge < -0.3 is 14.5 Å². The Kier molecular flexibility index (Phi) is 4.90. The summed E-state index contributed by atoms with van der Waals surface area (Å²) < 4.78 is 5.43. The Morgan fingerprint density at radius 3 is 2.65 bits per heavy atom. The number of nitrogens with zero attached hydrogens (tertiary/aromatic N) is 2. The minimum Gasteiger partial charge on any atom is -0.496 e. The molecular formula is C19H28N2O2. The van der Waals surface area contributed by atoms with Crippen LogP contribution in [0.2, 0.25) is 0 Å². The van der Waals surface area contributed by atoms with E-state index >= 15 is 0 Å². The van der Waals surface area contributed by atoms with Gasteiger partial charge in [0.2, 0.25) is 5.91 Å². The zero-order valence-electron chi connectivity index (χ0n) is 14.5. The summed E-state index contributed by atoms with van der Waals surface area (Å²) >= 11 is 0. The number of rotatable bonds is 4. The second kappa shape index (κ2) is 6.91. The fraction of sp³-hybridized carbons (Fsp3) is 0.632. The molecule has 1 aromatic carbocycles. The number of carbonyl (C=O) groups is 1. The van der Waals surface area contributed by atoms with E-state index < -0.39 is 0 Å². The predicted octanol–water partition coefficient (Wildman–Crippen LogP) is 2.63. The van der Waals surface area contributed by atoms with Crippen molar-refractivity contribution >= 4 is 5.91 Å². The summed E-state index contributed by atoms with van der Waals surface area (Å²) in [6.45, 7) is 4.12. The minimum absolute atomic E-state index is 0.247. The minimum atomic E-state index is 0.247. The first-order valence-electron chi connectivity index (χ1n) is 8.73. The molecule has 0 N–H and O–H groups in total. The molecule has 2 aliphatic heterocycles. The van der Waals surface area contributed by atoms with Gasteiger partial charge in [-0.15, -0.1) is 0 Å². The molecule has 2 atom stereocenters. The molecule has 0 aromatic heterocycles. The van der Waals surface area contributed by atoms with Crippen molar-refractivity contribution in [3.63, 3.8) is 0 Å². The highest BCUT2D eigenvalue weighted by molar-refractivity contribution is 5.80. The largest absolute Gasteiger partial charge is 0.496 e. The number of amides is 1. The highest BCUT2D eigenvalue weighted by Gasteiger charge is 2.38. The van der Waals surface area contributed by atoms with Crippen molar-refractivity contribution < 1.29 is 9.53 Å². The molecule has 0 saturated carbocycles. The van der Waals surface area contributed by atoms with Crippen LogP contribution in [0.3, 0.4) is 0 Å². The van der Waals surface area contributed by atoms with Crippen molar-refractivity contribution in [1.82, 2.24) is 9.80 Å². The highest BCUT2D eigenvalue weighted by Crippen LogP contribution is 2.30. The van der Waals surface area contributed by atoms with E-state index in [-0.39, 0.29) is 5.91 Å². The average molecular weight is 316 g/mol. The summed E-state index contributed by atoms with van der Waals surface area (Å²) in [7, 11) is 3.87. The summed E-state index contributed by atoms with van der Waals surface area (Å²) in [5.41, 5.74) is 2.17. The van der Waals surface area contributed by atoms with E-state index in [9.17, 15) is 4.79 Å². The number of likely N-dealkylation sites (tertiary alicyclic amines) is 2. The molecule has 3 rings (SSSR count). The molecule has 4 nitrogen and oxygen atoms in total. The fourth-order valence-electron chi connectivity index (χ4n) is 4.23. The quantitative estimate of drug-likeness (QED) is 0.856. The Hall–Kier alpha value is -1.55. The van der Waals surface area contributed by atoms with Crippen molar-refractivity contribution in [2.45, 2.75) is 51.1 Å². The van der Waals surface area contributed by atoms with Crippen LogP contribution in [0.4, 0.5) is 0 Å². The SMILES string of the molecule is COc1ccc(C)cc1CC(=O)N1CCCC1C1CCCN1C. The molecular weight excluding hydrogens is 288 g/mol. The molecule has 4 heteroatoms. The number of carbonyl (C=O) groups excluding carboxylic acids is 1. The van der Waals surface area contributed by atoms with Crippen LogP contribution in [-0.4, -0.2) is 55.0 Å². The van der Waals surface area contributed by atoms with Crippen molar-refractivity contribution in [1.29, 1.82) is 0 Å². The van der Waals surface area contributed by atoms with Crippen molar-refractivity contribution in [2.24, 2.45) is 0 Å². The fourth-order valence-corrected chi connectivity index (χ4v) is 4.23. The lowest BCUT2D eigenvalue weighted by molar-refractivity contribution is -0.132. The van der Waals surface area contributed by atoms with E-state index in [2.05, 4.69) is 29.8 Å².